The first-order valence-electron chi connectivity index (χ1n) is 5.66. The summed E-state index contributed by atoms with van der Waals surface area (Å²) < 4.78 is 27.9. The molecule has 2 aromatic heterocycles. The average Bonchev–Trinajstić information content (AvgIpc) is 2.85. The van der Waals surface area contributed by atoms with Crippen LogP contribution < -0.4 is 5.32 Å². The van der Waals surface area contributed by atoms with Crippen molar-refractivity contribution in [2.45, 2.75) is 19.5 Å². The molecule has 1 unspecified atom stereocenters. The molecule has 0 bridgehead atoms. The van der Waals surface area contributed by atoms with E-state index in [1.807, 2.05) is 0 Å². The highest BCUT2D eigenvalue weighted by Crippen LogP contribution is 2.09. The van der Waals surface area contributed by atoms with E-state index in [0.717, 1.165) is 12.3 Å². The Morgan fingerprint density at radius 2 is 2.26 bits per heavy atom. The molecule has 0 saturated carbocycles. The second-order valence-corrected chi connectivity index (χ2v) is 4.07. The van der Waals surface area contributed by atoms with Crippen molar-refractivity contribution in [1.82, 2.24) is 20.1 Å². The SMILES string of the molecule is CC(Cn1cccn1)NC(=O)c1ccnc(F)c1F. The summed E-state index contributed by atoms with van der Waals surface area (Å²) >= 11 is 0. The van der Waals surface area contributed by atoms with Crippen LogP contribution in [0.4, 0.5) is 8.78 Å². The van der Waals surface area contributed by atoms with Crippen molar-refractivity contribution in [3.63, 3.8) is 0 Å². The van der Waals surface area contributed by atoms with Crippen molar-refractivity contribution in [3.8, 4) is 0 Å². The van der Waals surface area contributed by atoms with Gasteiger partial charge < -0.3 is 5.32 Å². The van der Waals surface area contributed by atoms with E-state index in [1.54, 1.807) is 30.1 Å². The Kier molecular flexibility index (Phi) is 3.84. The Hall–Kier alpha value is -2.31. The average molecular weight is 266 g/mol. The number of hydrogen-bond donors (Lipinski definition) is 1. The minimum atomic E-state index is -1.28. The highest BCUT2D eigenvalue weighted by molar-refractivity contribution is 5.94. The Morgan fingerprint density at radius 1 is 1.47 bits per heavy atom. The van der Waals surface area contributed by atoms with Crippen molar-refractivity contribution in [2.75, 3.05) is 0 Å². The molecule has 1 amide bonds. The summed E-state index contributed by atoms with van der Waals surface area (Å²) in [5.74, 6) is -3.21. The minimum Gasteiger partial charge on any atom is -0.348 e. The standard InChI is InChI=1S/C12H12F2N4O/c1-8(7-18-6-2-4-16-18)17-12(19)9-3-5-15-11(14)10(9)13/h2-6,8H,7H2,1H3,(H,17,19). The number of carbonyl (C=O) groups excluding carboxylic acids is 1. The van der Waals surface area contributed by atoms with Crippen LogP contribution in [0.5, 0.6) is 0 Å². The highest BCUT2D eigenvalue weighted by atomic mass is 19.2. The van der Waals surface area contributed by atoms with Crippen LogP contribution in [-0.2, 0) is 6.54 Å². The van der Waals surface area contributed by atoms with Crippen molar-refractivity contribution in [1.29, 1.82) is 0 Å². The molecule has 2 rings (SSSR count). The zero-order valence-electron chi connectivity index (χ0n) is 10.2. The van der Waals surface area contributed by atoms with Gasteiger partial charge in [0.1, 0.15) is 0 Å². The number of pyridine rings is 1. The summed E-state index contributed by atoms with van der Waals surface area (Å²) in [6, 6.07) is 2.61. The van der Waals surface area contributed by atoms with Gasteiger partial charge in [-0.2, -0.15) is 9.49 Å². The summed E-state index contributed by atoms with van der Waals surface area (Å²) in [4.78, 5) is 14.9. The maximum atomic E-state index is 13.4. The Balaban J connectivity index is 2.02. The lowest BCUT2D eigenvalue weighted by atomic mass is 10.2. The van der Waals surface area contributed by atoms with Crippen molar-refractivity contribution >= 4 is 5.91 Å². The fourth-order valence-corrected chi connectivity index (χ4v) is 1.63. The maximum Gasteiger partial charge on any atom is 0.254 e. The zero-order chi connectivity index (χ0) is 13.8. The molecule has 2 aromatic rings. The van der Waals surface area contributed by atoms with Crippen LogP contribution in [0.3, 0.4) is 0 Å². The minimum absolute atomic E-state index is 0.275. The maximum absolute atomic E-state index is 13.4. The second kappa shape index (κ2) is 5.55. The molecule has 0 radical (unpaired) electrons. The normalized spacial score (nSPS) is 12.2. The van der Waals surface area contributed by atoms with E-state index in [4.69, 9.17) is 0 Å². The van der Waals surface area contributed by atoms with Gasteiger partial charge in [-0.15, -0.1) is 0 Å². The van der Waals surface area contributed by atoms with Gasteiger partial charge in [-0.3, -0.25) is 9.48 Å². The first-order valence-corrected chi connectivity index (χ1v) is 5.66. The van der Waals surface area contributed by atoms with E-state index in [1.165, 1.54) is 0 Å². The van der Waals surface area contributed by atoms with Crippen LogP contribution in [0.1, 0.15) is 17.3 Å². The predicted octanol–water partition coefficient (Wildman–Crippen LogP) is 1.37. The highest BCUT2D eigenvalue weighted by Gasteiger charge is 2.17. The molecule has 7 heteroatoms. The van der Waals surface area contributed by atoms with Crippen LogP contribution in [0.25, 0.3) is 0 Å². The number of nitrogens with one attached hydrogen (secondary N) is 1. The van der Waals surface area contributed by atoms with E-state index in [9.17, 15) is 13.6 Å². The Bertz CT molecular complexity index is 571. The molecule has 100 valence electrons. The third kappa shape index (κ3) is 3.12. The van der Waals surface area contributed by atoms with Crippen LogP contribution in [0.15, 0.2) is 30.7 Å². The molecule has 0 aliphatic heterocycles. The number of halogens is 2. The van der Waals surface area contributed by atoms with Gasteiger partial charge in [-0.05, 0) is 19.1 Å². The van der Waals surface area contributed by atoms with Crippen molar-refractivity contribution < 1.29 is 13.6 Å². The molecule has 0 spiro atoms. The largest absolute Gasteiger partial charge is 0.348 e. The van der Waals surface area contributed by atoms with Crippen molar-refractivity contribution in [3.05, 3.63) is 48.1 Å². The first-order chi connectivity index (χ1) is 9.08. The smallest absolute Gasteiger partial charge is 0.254 e. The molecule has 0 aliphatic rings. The van der Waals surface area contributed by atoms with Gasteiger partial charge in [0.2, 0.25) is 5.95 Å². The van der Waals surface area contributed by atoms with E-state index >= 15 is 0 Å². The lowest BCUT2D eigenvalue weighted by Gasteiger charge is -2.14. The molecular weight excluding hydrogens is 254 g/mol. The third-order valence-electron chi connectivity index (χ3n) is 2.49. The summed E-state index contributed by atoms with van der Waals surface area (Å²) in [5.41, 5.74) is -0.361. The monoisotopic (exact) mass is 266 g/mol. The molecule has 0 saturated heterocycles. The zero-order valence-corrected chi connectivity index (χ0v) is 10.2. The summed E-state index contributed by atoms with van der Waals surface area (Å²) in [5, 5.41) is 6.56. The lowest BCUT2D eigenvalue weighted by Crippen LogP contribution is -2.36. The van der Waals surface area contributed by atoms with Crippen LogP contribution in [0, 0.1) is 11.8 Å². The first kappa shape index (κ1) is 13.1. The molecule has 2 heterocycles. The van der Waals surface area contributed by atoms with Crippen molar-refractivity contribution in [2.24, 2.45) is 0 Å². The van der Waals surface area contributed by atoms with Crippen LogP contribution in [-0.4, -0.2) is 26.7 Å². The summed E-state index contributed by atoms with van der Waals surface area (Å²) in [6.45, 7) is 2.18. The summed E-state index contributed by atoms with van der Waals surface area (Å²) in [7, 11) is 0. The second-order valence-electron chi connectivity index (χ2n) is 4.07. The Morgan fingerprint density at radius 3 is 2.95 bits per heavy atom. The molecular formula is C12H12F2N4O. The quantitative estimate of drug-likeness (QED) is 0.850. The van der Waals surface area contributed by atoms with E-state index in [0.29, 0.717) is 6.54 Å². The number of nitrogens with zero attached hydrogens (tertiary/aromatic N) is 3. The van der Waals surface area contributed by atoms with Gasteiger partial charge >= 0.3 is 0 Å². The van der Waals surface area contributed by atoms with E-state index in [2.05, 4.69) is 15.4 Å². The topological polar surface area (TPSA) is 59.8 Å². The molecule has 0 aliphatic carbocycles. The molecule has 19 heavy (non-hydrogen) atoms. The Labute approximate surface area is 108 Å². The van der Waals surface area contributed by atoms with Gasteiger partial charge in [0.25, 0.3) is 5.91 Å². The van der Waals surface area contributed by atoms with E-state index in [-0.39, 0.29) is 11.6 Å². The van der Waals surface area contributed by atoms with Gasteiger partial charge in [0, 0.05) is 24.6 Å². The fourth-order valence-electron chi connectivity index (χ4n) is 1.63. The van der Waals surface area contributed by atoms with Crippen LogP contribution >= 0.6 is 0 Å². The molecule has 0 fully saturated rings. The van der Waals surface area contributed by atoms with Gasteiger partial charge in [0.15, 0.2) is 5.82 Å². The number of amides is 1. The number of hydrogen-bond acceptors (Lipinski definition) is 3. The molecule has 0 aromatic carbocycles. The van der Waals surface area contributed by atoms with Gasteiger partial charge in [-0.25, -0.2) is 9.37 Å². The number of rotatable bonds is 4. The number of carbonyl (C=O) groups is 1. The molecule has 5 nitrogen and oxygen atoms in total. The summed E-state index contributed by atoms with van der Waals surface area (Å²) in [6.07, 6.45) is 4.41. The molecule has 1 atom stereocenters. The van der Waals surface area contributed by atoms with Gasteiger partial charge in [-0.1, -0.05) is 0 Å². The van der Waals surface area contributed by atoms with Gasteiger partial charge in [0.05, 0.1) is 12.1 Å². The number of aromatic nitrogens is 3. The lowest BCUT2D eigenvalue weighted by molar-refractivity contribution is 0.0930. The fraction of sp³-hybridized carbons (Fsp3) is 0.250. The van der Waals surface area contributed by atoms with Crippen LogP contribution in [0.2, 0.25) is 0 Å². The third-order valence-corrected chi connectivity index (χ3v) is 2.49. The predicted molar refractivity (Wildman–Crippen MR) is 63.3 cm³/mol. The molecule has 1 N–H and O–H groups in total. The van der Waals surface area contributed by atoms with E-state index < -0.39 is 17.7 Å².